The van der Waals surface area contributed by atoms with E-state index in [1.807, 2.05) is 30.3 Å². The Bertz CT molecular complexity index is 890. The molecular weight excluding hydrogens is 352 g/mol. The third-order valence-electron chi connectivity index (χ3n) is 3.68. The monoisotopic (exact) mass is 370 g/mol. The van der Waals surface area contributed by atoms with Gasteiger partial charge in [0.15, 0.2) is 10.7 Å². The van der Waals surface area contributed by atoms with E-state index in [1.165, 1.54) is 31.9 Å². The predicted molar refractivity (Wildman–Crippen MR) is 100 cm³/mol. The summed E-state index contributed by atoms with van der Waals surface area (Å²) in [6.07, 6.45) is 2.10. The summed E-state index contributed by atoms with van der Waals surface area (Å²) in [5, 5.41) is 3.30. The highest BCUT2D eigenvalue weighted by Gasteiger charge is 2.23. The topological polar surface area (TPSA) is 86.2 Å². The summed E-state index contributed by atoms with van der Waals surface area (Å²) in [5.74, 6) is -0.148. The summed E-state index contributed by atoms with van der Waals surface area (Å²) >= 11 is 1.44. The van der Waals surface area contributed by atoms with Crippen molar-refractivity contribution in [2.45, 2.75) is 13.3 Å². The van der Waals surface area contributed by atoms with Crippen LogP contribution in [0, 0.1) is 0 Å². The molecular formula is C18H18N4O3S. The van der Waals surface area contributed by atoms with Crippen LogP contribution in [0.2, 0.25) is 0 Å². The van der Waals surface area contributed by atoms with Crippen LogP contribution in [0.4, 0.5) is 5.13 Å². The van der Waals surface area contributed by atoms with Gasteiger partial charge in [-0.2, -0.15) is 0 Å². The maximum absolute atomic E-state index is 12.7. The van der Waals surface area contributed by atoms with Crippen molar-refractivity contribution in [3.05, 3.63) is 47.1 Å². The molecule has 1 amide bonds. The van der Waals surface area contributed by atoms with Crippen molar-refractivity contribution < 1.29 is 14.3 Å². The molecule has 1 N–H and O–H groups in total. The molecule has 26 heavy (non-hydrogen) atoms. The van der Waals surface area contributed by atoms with Gasteiger partial charge in [-0.3, -0.25) is 10.1 Å². The molecule has 0 aliphatic carbocycles. The van der Waals surface area contributed by atoms with E-state index in [0.717, 1.165) is 22.6 Å². The molecule has 0 aliphatic rings. The molecule has 0 unspecified atom stereocenters. The van der Waals surface area contributed by atoms with Gasteiger partial charge in [-0.05, 0) is 6.42 Å². The van der Waals surface area contributed by atoms with E-state index in [2.05, 4.69) is 27.2 Å². The number of aromatic nitrogens is 3. The number of hydrogen-bond donors (Lipinski definition) is 1. The van der Waals surface area contributed by atoms with E-state index < -0.39 is 5.91 Å². The van der Waals surface area contributed by atoms with E-state index >= 15 is 0 Å². The second kappa shape index (κ2) is 7.92. The number of methoxy groups -OCH3 is 2. The molecule has 134 valence electrons. The summed E-state index contributed by atoms with van der Waals surface area (Å²) in [6, 6.07) is 9.87. The third kappa shape index (κ3) is 3.50. The number of rotatable bonds is 6. The fourth-order valence-electron chi connectivity index (χ4n) is 2.48. The number of carbonyl (C=O) groups excluding carboxylic acids is 1. The second-order valence-corrected chi connectivity index (χ2v) is 6.32. The Hall–Kier alpha value is -3.00. The highest BCUT2D eigenvalue weighted by molar-refractivity contribution is 7.16. The molecule has 7 nitrogen and oxygen atoms in total. The minimum absolute atomic E-state index is 0.131. The predicted octanol–water partition coefficient (Wildman–Crippen LogP) is 3.43. The van der Waals surface area contributed by atoms with Crippen molar-refractivity contribution in [1.82, 2.24) is 15.0 Å². The van der Waals surface area contributed by atoms with Crippen molar-refractivity contribution in [2.24, 2.45) is 0 Å². The zero-order valence-corrected chi connectivity index (χ0v) is 15.5. The molecule has 0 saturated heterocycles. The molecule has 3 rings (SSSR count). The average Bonchev–Trinajstić information content (AvgIpc) is 3.10. The quantitative estimate of drug-likeness (QED) is 0.715. The molecule has 0 fully saturated rings. The number of anilines is 1. The van der Waals surface area contributed by atoms with E-state index in [4.69, 9.17) is 9.47 Å². The number of ether oxygens (including phenoxy) is 2. The Kier molecular flexibility index (Phi) is 5.43. The normalized spacial score (nSPS) is 10.4. The van der Waals surface area contributed by atoms with Crippen LogP contribution in [0.3, 0.4) is 0 Å². The van der Waals surface area contributed by atoms with E-state index in [9.17, 15) is 4.79 Å². The van der Waals surface area contributed by atoms with Crippen molar-refractivity contribution in [3.63, 3.8) is 0 Å². The Balaban J connectivity index is 1.93. The van der Waals surface area contributed by atoms with Crippen LogP contribution in [0.5, 0.6) is 11.8 Å². The van der Waals surface area contributed by atoms with Crippen molar-refractivity contribution >= 4 is 22.4 Å². The van der Waals surface area contributed by atoms with E-state index in [0.29, 0.717) is 5.13 Å². The highest BCUT2D eigenvalue weighted by atomic mass is 32.1. The Labute approximate surface area is 155 Å². The first kappa shape index (κ1) is 17.8. The third-order valence-corrected chi connectivity index (χ3v) is 4.79. The van der Waals surface area contributed by atoms with E-state index in [-0.39, 0.29) is 17.3 Å². The van der Waals surface area contributed by atoms with Gasteiger partial charge in [0.25, 0.3) is 5.91 Å². The molecule has 0 saturated carbocycles. The number of carbonyl (C=O) groups is 1. The summed E-state index contributed by atoms with van der Waals surface area (Å²) in [6.45, 7) is 2.06. The lowest BCUT2D eigenvalue weighted by Crippen LogP contribution is -2.16. The van der Waals surface area contributed by atoms with Gasteiger partial charge in [-0.1, -0.05) is 37.3 Å². The largest absolute Gasteiger partial charge is 0.480 e. The smallest absolute Gasteiger partial charge is 0.268 e. The van der Waals surface area contributed by atoms with Crippen molar-refractivity contribution in [3.8, 4) is 23.0 Å². The number of aryl methyl sites for hydroxylation is 1. The van der Waals surface area contributed by atoms with Gasteiger partial charge in [-0.15, -0.1) is 11.3 Å². The fourth-order valence-corrected chi connectivity index (χ4v) is 3.40. The molecule has 2 aromatic heterocycles. The average molecular weight is 370 g/mol. The van der Waals surface area contributed by atoms with Gasteiger partial charge in [0.1, 0.15) is 6.33 Å². The zero-order chi connectivity index (χ0) is 18.5. The number of nitrogens with one attached hydrogen (secondary N) is 1. The molecule has 0 aliphatic heterocycles. The molecule has 2 heterocycles. The number of benzene rings is 1. The lowest BCUT2D eigenvalue weighted by molar-refractivity contribution is 0.101. The minimum Gasteiger partial charge on any atom is -0.480 e. The van der Waals surface area contributed by atoms with Crippen LogP contribution in [0.25, 0.3) is 11.3 Å². The van der Waals surface area contributed by atoms with Crippen LogP contribution in [0.15, 0.2) is 36.7 Å². The Morgan fingerprint density at radius 2 is 1.77 bits per heavy atom. The lowest BCUT2D eigenvalue weighted by atomic mass is 10.1. The van der Waals surface area contributed by atoms with Crippen LogP contribution >= 0.6 is 11.3 Å². The van der Waals surface area contributed by atoms with Crippen molar-refractivity contribution in [1.29, 1.82) is 0 Å². The molecule has 3 aromatic rings. The SMILES string of the molecule is CCc1sc(NC(=O)c2c(OC)ncnc2OC)nc1-c1ccccc1. The minimum atomic E-state index is -0.435. The number of thiazole rings is 1. The van der Waals surface area contributed by atoms with Gasteiger partial charge in [0.05, 0.1) is 19.9 Å². The summed E-state index contributed by atoms with van der Waals surface area (Å²) in [7, 11) is 2.87. The van der Waals surface area contributed by atoms with Crippen LogP contribution in [-0.4, -0.2) is 35.1 Å². The van der Waals surface area contributed by atoms with Crippen molar-refractivity contribution in [2.75, 3.05) is 19.5 Å². The number of amides is 1. The zero-order valence-electron chi connectivity index (χ0n) is 14.6. The first-order valence-electron chi connectivity index (χ1n) is 7.97. The molecule has 8 heteroatoms. The summed E-state index contributed by atoms with van der Waals surface area (Å²) < 4.78 is 10.3. The van der Waals surface area contributed by atoms with Gasteiger partial charge in [0, 0.05) is 10.4 Å². The maximum atomic E-state index is 12.7. The maximum Gasteiger partial charge on any atom is 0.268 e. The van der Waals surface area contributed by atoms with Crippen LogP contribution in [-0.2, 0) is 6.42 Å². The summed E-state index contributed by atoms with van der Waals surface area (Å²) in [4.78, 5) is 26.3. The molecule has 0 atom stereocenters. The molecule has 0 spiro atoms. The number of hydrogen-bond acceptors (Lipinski definition) is 7. The summed E-state index contributed by atoms with van der Waals surface area (Å²) in [5.41, 5.74) is 2.02. The van der Waals surface area contributed by atoms with Gasteiger partial charge in [-0.25, -0.2) is 15.0 Å². The number of nitrogens with zero attached hydrogens (tertiary/aromatic N) is 3. The Morgan fingerprint density at radius 1 is 1.12 bits per heavy atom. The highest BCUT2D eigenvalue weighted by Crippen LogP contribution is 2.32. The van der Waals surface area contributed by atoms with E-state index in [1.54, 1.807) is 0 Å². The molecule has 0 bridgehead atoms. The van der Waals surface area contributed by atoms with Crippen LogP contribution < -0.4 is 14.8 Å². The standard InChI is InChI=1S/C18H18N4O3S/c1-4-12-14(11-8-6-5-7-9-11)21-18(26-12)22-15(23)13-16(24-2)19-10-20-17(13)25-3/h5-10H,4H2,1-3H3,(H,21,22,23). The fraction of sp³-hybridized carbons (Fsp3) is 0.222. The van der Waals surface area contributed by atoms with Gasteiger partial charge in [0.2, 0.25) is 11.8 Å². The van der Waals surface area contributed by atoms with Gasteiger partial charge >= 0.3 is 0 Å². The van der Waals surface area contributed by atoms with Gasteiger partial charge < -0.3 is 9.47 Å². The van der Waals surface area contributed by atoms with Crippen LogP contribution in [0.1, 0.15) is 22.2 Å². The molecule has 0 radical (unpaired) electrons. The second-order valence-electron chi connectivity index (χ2n) is 5.23. The first-order valence-corrected chi connectivity index (χ1v) is 8.79. The Morgan fingerprint density at radius 3 is 2.35 bits per heavy atom. The lowest BCUT2D eigenvalue weighted by Gasteiger charge is -2.09. The first-order chi connectivity index (χ1) is 12.7. The molecule has 1 aromatic carbocycles.